The average Bonchev–Trinajstić information content (AvgIpc) is 2.44. The van der Waals surface area contributed by atoms with Gasteiger partial charge >= 0.3 is 0 Å². The van der Waals surface area contributed by atoms with E-state index in [0.29, 0.717) is 6.22 Å². The number of rotatable bonds is 2. The molecule has 0 amide bonds. The van der Waals surface area contributed by atoms with Crippen LogP contribution < -0.4 is 5.32 Å². The van der Waals surface area contributed by atoms with Crippen LogP contribution in [0.5, 0.6) is 0 Å². The Morgan fingerprint density at radius 1 is 1.50 bits per heavy atom. The molecule has 1 aliphatic heterocycles. The topological polar surface area (TPSA) is 12.0 Å². The molecule has 0 aromatic carbocycles. The van der Waals surface area contributed by atoms with E-state index >= 15 is 0 Å². The van der Waals surface area contributed by atoms with Crippen LogP contribution in [0.3, 0.4) is 0 Å². The second-order valence-electron chi connectivity index (χ2n) is 1.93. The van der Waals surface area contributed by atoms with E-state index in [1.807, 2.05) is 21.2 Å². The molecular formula is C6H12B3N. The van der Waals surface area contributed by atoms with Crippen molar-refractivity contribution >= 4 is 22.2 Å². The van der Waals surface area contributed by atoms with Crippen LogP contribution in [-0.4, -0.2) is 35.3 Å². The highest BCUT2D eigenvalue weighted by molar-refractivity contribution is 7.01. The lowest BCUT2D eigenvalue weighted by Crippen LogP contribution is -2.04. The average molecular weight is 131 g/mol. The molecule has 0 aliphatic carbocycles. The van der Waals surface area contributed by atoms with Crippen molar-refractivity contribution in [2.24, 2.45) is 0 Å². The van der Waals surface area contributed by atoms with Gasteiger partial charge in [0, 0.05) is 13.1 Å². The summed E-state index contributed by atoms with van der Waals surface area (Å²) in [6.07, 6.45) is 4.91. The SMILES string of the molecule is C1=CCNC1.[B]C[B][B]C. The summed E-state index contributed by atoms with van der Waals surface area (Å²) in [6.45, 7) is 4.09. The van der Waals surface area contributed by atoms with Crippen molar-refractivity contribution in [3.63, 3.8) is 0 Å². The third-order valence-electron chi connectivity index (χ3n) is 1.06. The second-order valence-corrected chi connectivity index (χ2v) is 1.93. The largest absolute Gasteiger partial charge is 0.310 e. The highest BCUT2D eigenvalue weighted by Crippen LogP contribution is 1.75. The van der Waals surface area contributed by atoms with E-state index in [-0.39, 0.29) is 0 Å². The normalized spacial score (nSPS) is 13.7. The van der Waals surface area contributed by atoms with E-state index in [9.17, 15) is 0 Å². The molecule has 0 aromatic rings. The minimum Gasteiger partial charge on any atom is -0.310 e. The zero-order valence-electron chi connectivity index (χ0n) is 6.51. The number of hydrogen-bond donors (Lipinski definition) is 1. The molecule has 4 heteroatoms. The first-order valence-corrected chi connectivity index (χ1v) is 3.58. The van der Waals surface area contributed by atoms with Crippen LogP contribution in [0.2, 0.25) is 13.0 Å². The van der Waals surface area contributed by atoms with Gasteiger partial charge in [-0.25, -0.2) is 0 Å². The molecule has 0 fully saturated rings. The Labute approximate surface area is 66.5 Å². The van der Waals surface area contributed by atoms with Gasteiger partial charge in [0.2, 0.25) is 0 Å². The molecule has 1 N–H and O–H groups in total. The van der Waals surface area contributed by atoms with Crippen LogP contribution in [0, 0.1) is 0 Å². The molecule has 50 valence electrons. The van der Waals surface area contributed by atoms with Crippen LogP contribution in [-0.2, 0) is 0 Å². The summed E-state index contributed by atoms with van der Waals surface area (Å²) in [5.74, 6) is 0. The van der Waals surface area contributed by atoms with E-state index in [4.69, 9.17) is 7.85 Å². The maximum absolute atomic E-state index is 5.05. The molecule has 1 aliphatic rings. The van der Waals surface area contributed by atoms with Gasteiger partial charge in [0.05, 0.1) is 22.2 Å². The molecule has 1 nitrogen and oxygen atoms in total. The molecule has 4 radical (unpaired) electrons. The summed E-state index contributed by atoms with van der Waals surface area (Å²) in [5.41, 5.74) is 0. The zero-order valence-corrected chi connectivity index (χ0v) is 6.51. The Bertz CT molecular complexity index is 77.1. The Hall–Kier alpha value is -0.105. The second kappa shape index (κ2) is 8.89. The fraction of sp³-hybridized carbons (Fsp3) is 0.667. The zero-order chi connectivity index (χ0) is 7.66. The predicted octanol–water partition coefficient (Wildman–Crippen LogP) is 0.0480. The Morgan fingerprint density at radius 3 is 2.20 bits per heavy atom. The Kier molecular flexibility index (Phi) is 8.80. The maximum Gasteiger partial charge on any atom is 0.0600 e. The third kappa shape index (κ3) is 7.89. The third-order valence-corrected chi connectivity index (χ3v) is 1.06. The lowest BCUT2D eigenvalue weighted by Gasteiger charge is -1.77. The van der Waals surface area contributed by atoms with Crippen LogP contribution >= 0.6 is 0 Å². The van der Waals surface area contributed by atoms with Gasteiger partial charge in [-0.3, -0.25) is 0 Å². The van der Waals surface area contributed by atoms with Crippen molar-refractivity contribution < 1.29 is 0 Å². The van der Waals surface area contributed by atoms with Crippen molar-refractivity contribution in [1.29, 1.82) is 0 Å². The standard InChI is InChI=1S/C4H7N.C2H5B3/c1-2-4-5-3-1;1-4-5-2-3/h1-2,5H,3-4H2;2H2,1H3. The van der Waals surface area contributed by atoms with Crippen LogP contribution in [0.25, 0.3) is 0 Å². The van der Waals surface area contributed by atoms with Crippen molar-refractivity contribution in [3.05, 3.63) is 12.2 Å². The van der Waals surface area contributed by atoms with Gasteiger partial charge in [0.25, 0.3) is 0 Å². The quantitative estimate of drug-likeness (QED) is 0.412. The first kappa shape index (κ1) is 9.89. The first-order valence-electron chi connectivity index (χ1n) is 3.58. The number of nitrogens with one attached hydrogen (secondary N) is 1. The molecule has 0 saturated heterocycles. The first-order chi connectivity index (χ1) is 4.91. The molecule has 0 saturated carbocycles. The van der Waals surface area contributed by atoms with E-state index < -0.39 is 0 Å². The highest BCUT2D eigenvalue weighted by atomic mass is 14.9. The molecule has 1 heterocycles. The van der Waals surface area contributed by atoms with Crippen LogP contribution in [0.1, 0.15) is 0 Å². The molecule has 0 bridgehead atoms. The summed E-state index contributed by atoms with van der Waals surface area (Å²) in [7, 11) is 8.89. The minimum absolute atomic E-state index is 0.663. The summed E-state index contributed by atoms with van der Waals surface area (Å²) >= 11 is 0. The van der Waals surface area contributed by atoms with Gasteiger partial charge in [0.1, 0.15) is 0 Å². The van der Waals surface area contributed by atoms with E-state index in [2.05, 4.69) is 17.5 Å². The van der Waals surface area contributed by atoms with E-state index in [1.165, 1.54) is 0 Å². The van der Waals surface area contributed by atoms with Crippen molar-refractivity contribution in [2.75, 3.05) is 13.1 Å². The smallest absolute Gasteiger partial charge is 0.0600 e. The molecule has 10 heavy (non-hydrogen) atoms. The lowest BCUT2D eigenvalue weighted by molar-refractivity contribution is 0.892. The lowest BCUT2D eigenvalue weighted by atomic mass is 9.37. The molecular weight excluding hydrogens is 119 g/mol. The van der Waals surface area contributed by atoms with Crippen LogP contribution in [0.4, 0.5) is 0 Å². The van der Waals surface area contributed by atoms with Gasteiger partial charge in [-0.15, -0.1) is 6.22 Å². The van der Waals surface area contributed by atoms with Gasteiger partial charge < -0.3 is 5.32 Å². The molecule has 0 spiro atoms. The monoisotopic (exact) mass is 131 g/mol. The molecule has 0 atom stereocenters. The Morgan fingerprint density at radius 2 is 2.10 bits per heavy atom. The summed E-state index contributed by atoms with van der Waals surface area (Å²) < 4.78 is 0. The van der Waals surface area contributed by atoms with Gasteiger partial charge in [0.15, 0.2) is 0 Å². The molecule has 0 aromatic heterocycles. The summed E-state index contributed by atoms with van der Waals surface area (Å²) in [6, 6.07) is 0. The van der Waals surface area contributed by atoms with Gasteiger partial charge in [-0.2, -0.15) is 0 Å². The van der Waals surface area contributed by atoms with E-state index in [0.717, 1.165) is 13.1 Å². The highest BCUT2D eigenvalue weighted by Gasteiger charge is 1.81. The maximum atomic E-state index is 5.05. The van der Waals surface area contributed by atoms with Crippen LogP contribution in [0.15, 0.2) is 12.2 Å². The van der Waals surface area contributed by atoms with Crippen molar-refractivity contribution in [2.45, 2.75) is 13.0 Å². The molecule has 1 rings (SSSR count). The van der Waals surface area contributed by atoms with Gasteiger partial charge in [-0.1, -0.05) is 19.0 Å². The Balaban J connectivity index is 0.000000162. The number of hydrogen-bond acceptors (Lipinski definition) is 1. The predicted molar refractivity (Wildman–Crippen MR) is 49.9 cm³/mol. The van der Waals surface area contributed by atoms with Crippen molar-refractivity contribution in [3.8, 4) is 0 Å². The summed E-state index contributed by atoms with van der Waals surface area (Å²) in [5, 5.41) is 3.11. The van der Waals surface area contributed by atoms with E-state index in [1.54, 1.807) is 0 Å². The fourth-order valence-electron chi connectivity index (χ4n) is 0.553. The summed E-state index contributed by atoms with van der Waals surface area (Å²) in [4.78, 5) is 0. The minimum atomic E-state index is 0.663. The fourth-order valence-corrected chi connectivity index (χ4v) is 0.553. The van der Waals surface area contributed by atoms with Gasteiger partial charge in [-0.05, 0) is 0 Å². The van der Waals surface area contributed by atoms with Crippen molar-refractivity contribution in [1.82, 2.24) is 5.32 Å². The molecule has 0 unspecified atom stereocenters.